The van der Waals surface area contributed by atoms with Crippen LogP contribution in [-0.4, -0.2) is 29.0 Å². The van der Waals surface area contributed by atoms with Crippen LogP contribution in [0.2, 0.25) is 0 Å². The number of benzene rings is 1. The molecule has 0 aliphatic rings. The van der Waals surface area contributed by atoms with Crippen LogP contribution in [0.25, 0.3) is 22.7 Å². The van der Waals surface area contributed by atoms with Gasteiger partial charge in [-0.05, 0) is 30.3 Å². The van der Waals surface area contributed by atoms with Crippen LogP contribution >= 0.6 is 0 Å². The highest BCUT2D eigenvalue weighted by Crippen LogP contribution is 2.25. The lowest BCUT2D eigenvalue weighted by Crippen LogP contribution is -2.05. The average molecular weight is 311 g/mol. The van der Waals surface area contributed by atoms with Gasteiger partial charge in [0.2, 0.25) is 11.8 Å². The zero-order valence-electron chi connectivity index (χ0n) is 12.5. The normalized spacial score (nSPS) is 10.5. The van der Waals surface area contributed by atoms with Crippen molar-refractivity contribution in [1.29, 1.82) is 0 Å². The third-order valence-corrected chi connectivity index (χ3v) is 3.11. The molecule has 1 N–H and O–H groups in total. The molecule has 2 aromatic heterocycles. The number of esters is 1. The first-order valence-electron chi connectivity index (χ1n) is 6.80. The predicted octanol–water partition coefficient (Wildman–Crippen LogP) is 2.63. The summed E-state index contributed by atoms with van der Waals surface area (Å²) in [5, 5.41) is 2.68. The Morgan fingerprint density at radius 2 is 2.04 bits per heavy atom. The van der Waals surface area contributed by atoms with E-state index in [9.17, 15) is 9.59 Å². The summed E-state index contributed by atoms with van der Waals surface area (Å²) in [7, 11) is 1.31. The SMILES string of the molecule is COC(=O)c1ccnc(-c2nc3cc(NC(C)=O)ccc3o2)c1. The number of hydrogen-bond donors (Lipinski definition) is 1. The quantitative estimate of drug-likeness (QED) is 0.747. The van der Waals surface area contributed by atoms with Crippen LogP contribution in [0.15, 0.2) is 40.9 Å². The summed E-state index contributed by atoms with van der Waals surface area (Å²) in [5.41, 5.74) is 2.54. The number of carbonyl (C=O) groups excluding carboxylic acids is 2. The van der Waals surface area contributed by atoms with Gasteiger partial charge < -0.3 is 14.5 Å². The monoisotopic (exact) mass is 311 g/mol. The van der Waals surface area contributed by atoms with Gasteiger partial charge in [0, 0.05) is 18.8 Å². The largest absolute Gasteiger partial charge is 0.465 e. The number of carbonyl (C=O) groups is 2. The third-order valence-electron chi connectivity index (χ3n) is 3.11. The summed E-state index contributed by atoms with van der Waals surface area (Å²) in [4.78, 5) is 31.2. The van der Waals surface area contributed by atoms with Gasteiger partial charge in [0.05, 0.1) is 12.7 Å². The molecule has 116 valence electrons. The molecule has 0 radical (unpaired) electrons. The molecule has 2 heterocycles. The number of anilines is 1. The van der Waals surface area contributed by atoms with Gasteiger partial charge in [-0.2, -0.15) is 0 Å². The average Bonchev–Trinajstić information content (AvgIpc) is 2.97. The second-order valence-corrected chi connectivity index (χ2v) is 4.80. The Morgan fingerprint density at radius 3 is 2.78 bits per heavy atom. The minimum Gasteiger partial charge on any atom is -0.465 e. The fraction of sp³-hybridized carbons (Fsp3) is 0.125. The molecule has 3 aromatic rings. The number of rotatable bonds is 3. The number of ether oxygens (including phenoxy) is 1. The molecule has 0 spiro atoms. The zero-order valence-corrected chi connectivity index (χ0v) is 12.5. The minimum absolute atomic E-state index is 0.166. The first kappa shape index (κ1) is 14.7. The molecule has 1 aromatic carbocycles. The summed E-state index contributed by atoms with van der Waals surface area (Å²) in [6.45, 7) is 1.43. The van der Waals surface area contributed by atoms with Gasteiger partial charge >= 0.3 is 5.97 Å². The molecular weight excluding hydrogens is 298 g/mol. The fourth-order valence-corrected chi connectivity index (χ4v) is 2.11. The number of hydrogen-bond acceptors (Lipinski definition) is 6. The second kappa shape index (κ2) is 5.88. The fourth-order valence-electron chi connectivity index (χ4n) is 2.11. The lowest BCUT2D eigenvalue weighted by atomic mass is 10.2. The Bertz CT molecular complexity index is 901. The number of oxazole rings is 1. The maximum Gasteiger partial charge on any atom is 0.337 e. The lowest BCUT2D eigenvalue weighted by Gasteiger charge is -1.99. The molecule has 0 saturated heterocycles. The molecule has 0 atom stereocenters. The Balaban J connectivity index is 2.00. The molecule has 7 nitrogen and oxygen atoms in total. The van der Waals surface area contributed by atoms with Crippen molar-refractivity contribution in [2.75, 3.05) is 12.4 Å². The van der Waals surface area contributed by atoms with Crippen molar-refractivity contribution in [3.8, 4) is 11.6 Å². The van der Waals surface area contributed by atoms with Gasteiger partial charge in [0.1, 0.15) is 11.2 Å². The molecular formula is C16H13N3O4. The summed E-state index contributed by atoms with van der Waals surface area (Å²) >= 11 is 0. The smallest absolute Gasteiger partial charge is 0.337 e. The number of nitrogens with zero attached hydrogens (tertiary/aromatic N) is 2. The zero-order chi connectivity index (χ0) is 16.4. The van der Waals surface area contributed by atoms with Crippen molar-refractivity contribution < 1.29 is 18.7 Å². The molecule has 1 amide bonds. The minimum atomic E-state index is -0.460. The van der Waals surface area contributed by atoms with Crippen LogP contribution in [-0.2, 0) is 9.53 Å². The predicted molar refractivity (Wildman–Crippen MR) is 82.9 cm³/mol. The highest BCUT2D eigenvalue weighted by molar-refractivity contribution is 5.92. The maximum atomic E-state index is 11.6. The topological polar surface area (TPSA) is 94.3 Å². The van der Waals surface area contributed by atoms with Crippen molar-refractivity contribution in [2.24, 2.45) is 0 Å². The van der Waals surface area contributed by atoms with Crippen LogP contribution in [0.1, 0.15) is 17.3 Å². The number of nitrogens with one attached hydrogen (secondary N) is 1. The first-order valence-corrected chi connectivity index (χ1v) is 6.80. The molecule has 7 heteroatoms. The van der Waals surface area contributed by atoms with Crippen molar-refractivity contribution in [1.82, 2.24) is 9.97 Å². The van der Waals surface area contributed by atoms with Crippen LogP contribution in [0.5, 0.6) is 0 Å². The highest BCUT2D eigenvalue weighted by atomic mass is 16.5. The number of amides is 1. The van der Waals surface area contributed by atoms with Gasteiger partial charge in [0.15, 0.2) is 5.58 Å². The lowest BCUT2D eigenvalue weighted by molar-refractivity contribution is -0.114. The first-order chi connectivity index (χ1) is 11.1. The molecule has 3 rings (SSSR count). The van der Waals surface area contributed by atoms with Crippen LogP contribution < -0.4 is 5.32 Å². The maximum absolute atomic E-state index is 11.6. The van der Waals surface area contributed by atoms with Gasteiger partial charge in [-0.1, -0.05) is 0 Å². The van der Waals surface area contributed by atoms with Crippen molar-refractivity contribution in [3.63, 3.8) is 0 Å². The van der Waals surface area contributed by atoms with Gasteiger partial charge in [-0.3, -0.25) is 9.78 Å². The van der Waals surface area contributed by atoms with E-state index in [1.165, 1.54) is 20.2 Å². The Morgan fingerprint density at radius 1 is 1.22 bits per heavy atom. The number of methoxy groups -OCH3 is 1. The van der Waals surface area contributed by atoms with E-state index in [1.54, 1.807) is 30.3 Å². The van der Waals surface area contributed by atoms with Crippen LogP contribution in [0, 0.1) is 0 Å². The van der Waals surface area contributed by atoms with Gasteiger partial charge in [-0.25, -0.2) is 9.78 Å². The van der Waals surface area contributed by atoms with E-state index in [4.69, 9.17) is 4.42 Å². The van der Waals surface area contributed by atoms with E-state index < -0.39 is 5.97 Å². The van der Waals surface area contributed by atoms with Crippen molar-refractivity contribution >= 4 is 28.7 Å². The Labute approximate surface area is 131 Å². The molecule has 0 fully saturated rings. The van der Waals surface area contributed by atoms with E-state index in [2.05, 4.69) is 20.0 Å². The molecule has 0 saturated carbocycles. The van der Waals surface area contributed by atoms with E-state index in [1.807, 2.05) is 0 Å². The summed E-state index contributed by atoms with van der Waals surface area (Å²) in [6, 6.07) is 8.23. The van der Waals surface area contributed by atoms with E-state index in [0.717, 1.165) is 0 Å². The van der Waals surface area contributed by atoms with E-state index in [-0.39, 0.29) is 11.8 Å². The van der Waals surface area contributed by atoms with Crippen LogP contribution in [0.3, 0.4) is 0 Å². The second-order valence-electron chi connectivity index (χ2n) is 4.80. The standard InChI is InChI=1S/C16H13N3O4/c1-9(20)18-11-3-4-14-12(8-11)19-15(23-14)13-7-10(5-6-17-13)16(21)22-2/h3-8H,1-2H3,(H,18,20). The van der Waals surface area contributed by atoms with Crippen LogP contribution in [0.4, 0.5) is 5.69 Å². The molecule has 0 aliphatic heterocycles. The highest BCUT2D eigenvalue weighted by Gasteiger charge is 2.13. The summed E-state index contributed by atoms with van der Waals surface area (Å²) in [5.74, 6) is -0.344. The summed E-state index contributed by atoms with van der Waals surface area (Å²) in [6.07, 6.45) is 1.49. The number of fused-ring (bicyclic) bond motifs is 1. The molecule has 0 bridgehead atoms. The Hall–Kier alpha value is -3.22. The molecule has 0 unspecified atom stereocenters. The number of aromatic nitrogens is 2. The van der Waals surface area contributed by atoms with Crippen molar-refractivity contribution in [3.05, 3.63) is 42.1 Å². The van der Waals surface area contributed by atoms with Gasteiger partial charge in [0.25, 0.3) is 0 Å². The third kappa shape index (κ3) is 3.03. The van der Waals surface area contributed by atoms with Gasteiger partial charge in [-0.15, -0.1) is 0 Å². The summed E-state index contributed by atoms with van der Waals surface area (Å²) < 4.78 is 10.3. The van der Waals surface area contributed by atoms with E-state index >= 15 is 0 Å². The molecule has 0 aliphatic carbocycles. The molecule has 23 heavy (non-hydrogen) atoms. The Kier molecular flexibility index (Phi) is 3.76. The van der Waals surface area contributed by atoms with E-state index in [0.29, 0.717) is 28.0 Å². The van der Waals surface area contributed by atoms with Crippen molar-refractivity contribution in [2.45, 2.75) is 6.92 Å². The number of pyridine rings is 1.